The van der Waals surface area contributed by atoms with Gasteiger partial charge in [0.1, 0.15) is 24.7 Å². The van der Waals surface area contributed by atoms with Crippen molar-refractivity contribution in [3.8, 4) is 11.5 Å². The summed E-state index contributed by atoms with van der Waals surface area (Å²) < 4.78 is 11.0. The van der Waals surface area contributed by atoms with Crippen molar-refractivity contribution < 1.29 is 19.4 Å². The fourth-order valence-electron chi connectivity index (χ4n) is 1.71. The fourth-order valence-corrected chi connectivity index (χ4v) is 1.91. The second-order valence-electron chi connectivity index (χ2n) is 4.46. The van der Waals surface area contributed by atoms with E-state index in [2.05, 4.69) is 0 Å². The Morgan fingerprint density at radius 3 is 2.24 bits per heavy atom. The maximum atomic E-state index is 11.0. The van der Waals surface area contributed by atoms with E-state index in [1.807, 2.05) is 31.2 Å². The van der Waals surface area contributed by atoms with E-state index in [1.165, 1.54) is 17.7 Å². The number of halogens is 1. The molecular formula is C16H15ClO4. The molecule has 0 aromatic heterocycles. The highest BCUT2D eigenvalue weighted by molar-refractivity contribution is 6.33. The Morgan fingerprint density at radius 2 is 1.62 bits per heavy atom. The molecule has 0 aliphatic heterocycles. The second-order valence-corrected chi connectivity index (χ2v) is 4.86. The molecule has 0 radical (unpaired) electrons. The van der Waals surface area contributed by atoms with E-state index >= 15 is 0 Å². The summed E-state index contributed by atoms with van der Waals surface area (Å²) >= 11 is 5.78. The van der Waals surface area contributed by atoms with Gasteiger partial charge in [-0.05, 0) is 37.3 Å². The van der Waals surface area contributed by atoms with E-state index < -0.39 is 5.97 Å². The normalized spacial score (nSPS) is 10.2. The van der Waals surface area contributed by atoms with Crippen molar-refractivity contribution in [3.05, 3.63) is 58.6 Å². The van der Waals surface area contributed by atoms with Gasteiger partial charge in [0.2, 0.25) is 0 Å². The molecule has 0 bridgehead atoms. The number of benzene rings is 2. The molecule has 1 N–H and O–H groups in total. The average Bonchev–Trinajstić information content (AvgIpc) is 2.46. The van der Waals surface area contributed by atoms with E-state index in [9.17, 15) is 4.79 Å². The second kappa shape index (κ2) is 6.99. The van der Waals surface area contributed by atoms with Crippen LogP contribution in [-0.4, -0.2) is 24.3 Å². The van der Waals surface area contributed by atoms with E-state index in [0.717, 1.165) is 5.75 Å². The number of hydrogen-bond donors (Lipinski definition) is 1. The molecule has 0 unspecified atom stereocenters. The van der Waals surface area contributed by atoms with Crippen molar-refractivity contribution in [3.63, 3.8) is 0 Å². The lowest BCUT2D eigenvalue weighted by molar-refractivity contribution is 0.0696. The van der Waals surface area contributed by atoms with Gasteiger partial charge in [0.15, 0.2) is 0 Å². The molecule has 5 heteroatoms. The first-order valence-electron chi connectivity index (χ1n) is 6.41. The van der Waals surface area contributed by atoms with Crippen molar-refractivity contribution in [1.82, 2.24) is 0 Å². The van der Waals surface area contributed by atoms with Crippen LogP contribution in [-0.2, 0) is 0 Å². The molecule has 0 aliphatic rings. The van der Waals surface area contributed by atoms with Gasteiger partial charge in [-0.1, -0.05) is 29.3 Å². The van der Waals surface area contributed by atoms with E-state index in [0.29, 0.717) is 19.0 Å². The molecule has 2 aromatic rings. The summed E-state index contributed by atoms with van der Waals surface area (Å²) in [6.07, 6.45) is 0. The molecule has 2 rings (SSSR count). The highest BCUT2D eigenvalue weighted by Gasteiger charge is 2.09. The zero-order valence-corrected chi connectivity index (χ0v) is 12.3. The SMILES string of the molecule is Cc1ccc(OCCOc2ccc(Cl)c(C(=O)O)c2)cc1. The van der Waals surface area contributed by atoms with Crippen LogP contribution >= 0.6 is 11.6 Å². The standard InChI is InChI=1S/C16H15ClO4/c1-11-2-4-12(5-3-11)20-8-9-21-13-6-7-15(17)14(10-13)16(18)19/h2-7,10H,8-9H2,1H3,(H,18,19). The minimum atomic E-state index is -1.08. The van der Waals surface area contributed by atoms with Crippen LogP contribution in [0.3, 0.4) is 0 Å². The number of carbonyl (C=O) groups is 1. The van der Waals surface area contributed by atoms with Crippen LogP contribution in [0.25, 0.3) is 0 Å². The largest absolute Gasteiger partial charge is 0.490 e. The third-order valence-electron chi connectivity index (χ3n) is 2.81. The highest BCUT2D eigenvalue weighted by atomic mass is 35.5. The minimum absolute atomic E-state index is 0.0219. The van der Waals surface area contributed by atoms with Crippen LogP contribution in [0.5, 0.6) is 11.5 Å². The third kappa shape index (κ3) is 4.39. The van der Waals surface area contributed by atoms with Crippen LogP contribution in [0.2, 0.25) is 5.02 Å². The Morgan fingerprint density at radius 1 is 1.05 bits per heavy atom. The minimum Gasteiger partial charge on any atom is -0.490 e. The summed E-state index contributed by atoms with van der Waals surface area (Å²) in [5.41, 5.74) is 1.19. The van der Waals surface area contributed by atoms with E-state index in [4.69, 9.17) is 26.2 Å². The first-order chi connectivity index (χ1) is 10.1. The Balaban J connectivity index is 1.85. The number of aromatic carboxylic acids is 1. The summed E-state index contributed by atoms with van der Waals surface area (Å²) in [6, 6.07) is 12.2. The van der Waals surface area contributed by atoms with Gasteiger partial charge in [-0.15, -0.1) is 0 Å². The lowest BCUT2D eigenvalue weighted by Crippen LogP contribution is -2.09. The van der Waals surface area contributed by atoms with Crippen molar-refractivity contribution in [1.29, 1.82) is 0 Å². The predicted molar refractivity (Wildman–Crippen MR) is 80.6 cm³/mol. The van der Waals surface area contributed by atoms with Gasteiger partial charge < -0.3 is 14.6 Å². The number of hydrogen-bond acceptors (Lipinski definition) is 3. The Hall–Kier alpha value is -2.20. The summed E-state index contributed by atoms with van der Waals surface area (Å²) in [7, 11) is 0. The van der Waals surface area contributed by atoms with Crippen molar-refractivity contribution in [2.75, 3.05) is 13.2 Å². The van der Waals surface area contributed by atoms with Crippen LogP contribution < -0.4 is 9.47 Å². The Kier molecular flexibility index (Phi) is 5.06. The van der Waals surface area contributed by atoms with E-state index in [-0.39, 0.29) is 10.6 Å². The molecule has 0 aliphatic carbocycles. The van der Waals surface area contributed by atoms with Gasteiger partial charge in [0.25, 0.3) is 0 Å². The molecule has 0 saturated heterocycles. The molecule has 4 nitrogen and oxygen atoms in total. The van der Waals surface area contributed by atoms with Crippen LogP contribution in [0.4, 0.5) is 0 Å². The summed E-state index contributed by atoms with van der Waals surface area (Å²) in [5, 5.41) is 9.15. The maximum Gasteiger partial charge on any atom is 0.337 e. The molecule has 0 spiro atoms. The van der Waals surface area contributed by atoms with Crippen LogP contribution in [0.15, 0.2) is 42.5 Å². The van der Waals surface area contributed by atoms with Gasteiger partial charge in [-0.3, -0.25) is 0 Å². The van der Waals surface area contributed by atoms with Crippen molar-refractivity contribution in [2.45, 2.75) is 6.92 Å². The molecule has 21 heavy (non-hydrogen) atoms. The topological polar surface area (TPSA) is 55.8 Å². The van der Waals surface area contributed by atoms with Gasteiger partial charge >= 0.3 is 5.97 Å². The average molecular weight is 307 g/mol. The number of carboxylic acid groups (broad SMARTS) is 1. The molecule has 0 saturated carbocycles. The highest BCUT2D eigenvalue weighted by Crippen LogP contribution is 2.22. The maximum absolute atomic E-state index is 11.0. The zero-order valence-electron chi connectivity index (χ0n) is 11.5. The van der Waals surface area contributed by atoms with Gasteiger partial charge in [-0.25, -0.2) is 4.79 Å². The summed E-state index contributed by atoms with van der Waals surface area (Å²) in [4.78, 5) is 11.0. The molecular weight excluding hydrogens is 292 g/mol. The number of ether oxygens (including phenoxy) is 2. The number of aryl methyl sites for hydroxylation is 1. The summed E-state index contributed by atoms with van der Waals surface area (Å²) in [5.74, 6) is 0.136. The quantitative estimate of drug-likeness (QED) is 0.825. The number of carboxylic acids is 1. The fraction of sp³-hybridized carbons (Fsp3) is 0.188. The van der Waals surface area contributed by atoms with Crippen molar-refractivity contribution >= 4 is 17.6 Å². The van der Waals surface area contributed by atoms with Gasteiger partial charge in [0, 0.05) is 0 Å². The lowest BCUT2D eigenvalue weighted by Gasteiger charge is -2.09. The molecule has 0 atom stereocenters. The van der Waals surface area contributed by atoms with Crippen LogP contribution in [0, 0.1) is 6.92 Å². The molecule has 0 heterocycles. The predicted octanol–water partition coefficient (Wildman–Crippen LogP) is 3.80. The van der Waals surface area contributed by atoms with E-state index in [1.54, 1.807) is 6.07 Å². The first-order valence-corrected chi connectivity index (χ1v) is 6.79. The molecule has 0 amide bonds. The van der Waals surface area contributed by atoms with Gasteiger partial charge in [0.05, 0.1) is 10.6 Å². The Labute approximate surface area is 127 Å². The monoisotopic (exact) mass is 306 g/mol. The third-order valence-corrected chi connectivity index (χ3v) is 3.14. The number of rotatable bonds is 6. The first kappa shape index (κ1) is 15.2. The smallest absolute Gasteiger partial charge is 0.337 e. The summed E-state index contributed by atoms with van der Waals surface area (Å²) in [6.45, 7) is 2.69. The van der Waals surface area contributed by atoms with Crippen LogP contribution in [0.1, 0.15) is 15.9 Å². The van der Waals surface area contributed by atoms with Gasteiger partial charge in [-0.2, -0.15) is 0 Å². The lowest BCUT2D eigenvalue weighted by atomic mass is 10.2. The molecule has 2 aromatic carbocycles. The van der Waals surface area contributed by atoms with Crippen molar-refractivity contribution in [2.24, 2.45) is 0 Å². The molecule has 0 fully saturated rings. The molecule has 110 valence electrons. The zero-order chi connectivity index (χ0) is 15.2. The Bertz CT molecular complexity index is 623.